The normalized spacial score (nSPS) is 11.9. The quantitative estimate of drug-likeness (QED) is 0.555. The summed E-state index contributed by atoms with van der Waals surface area (Å²) in [5.74, 6) is 1.80. The molecule has 1 aromatic rings. The van der Waals surface area contributed by atoms with Crippen molar-refractivity contribution in [1.82, 2.24) is 0 Å². The van der Waals surface area contributed by atoms with Crippen molar-refractivity contribution in [3.8, 4) is 5.75 Å². The van der Waals surface area contributed by atoms with Gasteiger partial charge >= 0.3 is 5.69 Å². The zero-order chi connectivity index (χ0) is 15.0. The Labute approximate surface area is 124 Å². The van der Waals surface area contributed by atoms with Gasteiger partial charge < -0.3 is 10.1 Å². The molecule has 0 fully saturated rings. The Hall–Kier alpha value is -1.43. The van der Waals surface area contributed by atoms with Gasteiger partial charge in [0.2, 0.25) is 0 Å². The number of rotatable bonds is 9. The fraction of sp³-hybridized carbons (Fsp3) is 0.571. The molecule has 1 aromatic carbocycles. The average Bonchev–Trinajstić information content (AvgIpc) is 2.42. The Bertz CT molecular complexity index is 440. The van der Waals surface area contributed by atoms with Gasteiger partial charge in [0.05, 0.1) is 11.5 Å². The Balaban J connectivity index is 2.86. The monoisotopic (exact) mass is 298 g/mol. The van der Waals surface area contributed by atoms with Crippen LogP contribution in [0.3, 0.4) is 0 Å². The number of hydrogen-bond donors (Lipinski definition) is 1. The van der Waals surface area contributed by atoms with E-state index in [0.717, 1.165) is 12.2 Å². The standard InChI is InChI=1S/C14H22N2O3S/c1-4-8-19-13-7-5-6-12(14(13)16(17)18)15-9-11(2)10-20-3/h5-7,11,15H,4,8-10H2,1-3H3. The van der Waals surface area contributed by atoms with Gasteiger partial charge in [0.25, 0.3) is 0 Å². The molecular formula is C14H22N2O3S. The number of nitrogens with one attached hydrogen (secondary N) is 1. The van der Waals surface area contributed by atoms with Crippen molar-refractivity contribution in [2.45, 2.75) is 20.3 Å². The van der Waals surface area contributed by atoms with Gasteiger partial charge in [-0.2, -0.15) is 11.8 Å². The SMILES string of the molecule is CCCOc1cccc(NCC(C)CSC)c1[N+](=O)[O-]. The van der Waals surface area contributed by atoms with Crippen LogP contribution < -0.4 is 10.1 Å². The number of nitrogens with zero attached hydrogens (tertiary/aromatic N) is 1. The maximum Gasteiger partial charge on any atom is 0.333 e. The summed E-state index contributed by atoms with van der Waals surface area (Å²) < 4.78 is 5.46. The Kier molecular flexibility index (Phi) is 7.22. The predicted octanol–water partition coefficient (Wildman–Crippen LogP) is 3.79. The molecule has 0 spiro atoms. The van der Waals surface area contributed by atoms with Crippen LogP contribution in [0.2, 0.25) is 0 Å². The van der Waals surface area contributed by atoms with Crippen LogP contribution in [-0.4, -0.2) is 30.1 Å². The number of nitro benzene ring substituents is 1. The molecule has 0 amide bonds. The minimum atomic E-state index is -0.382. The smallest absolute Gasteiger partial charge is 0.333 e. The summed E-state index contributed by atoms with van der Waals surface area (Å²) in [7, 11) is 0. The van der Waals surface area contributed by atoms with Gasteiger partial charge in [-0.05, 0) is 36.5 Å². The second-order valence-electron chi connectivity index (χ2n) is 4.70. The molecule has 0 aliphatic heterocycles. The van der Waals surface area contributed by atoms with E-state index < -0.39 is 0 Å². The molecule has 1 unspecified atom stereocenters. The molecule has 1 rings (SSSR count). The number of thioether (sulfide) groups is 1. The fourth-order valence-corrected chi connectivity index (χ4v) is 2.50. The summed E-state index contributed by atoms with van der Waals surface area (Å²) in [6.45, 7) is 5.27. The Morgan fingerprint density at radius 3 is 2.85 bits per heavy atom. The second-order valence-corrected chi connectivity index (χ2v) is 5.61. The molecule has 0 aliphatic rings. The summed E-state index contributed by atoms with van der Waals surface area (Å²) in [5, 5.41) is 14.4. The number of hydrogen-bond acceptors (Lipinski definition) is 5. The van der Waals surface area contributed by atoms with Crippen molar-refractivity contribution in [2.75, 3.05) is 30.5 Å². The first-order valence-corrected chi connectivity index (χ1v) is 8.12. The van der Waals surface area contributed by atoms with E-state index in [1.807, 2.05) is 6.92 Å². The number of para-hydroxylation sites is 1. The molecule has 6 heteroatoms. The van der Waals surface area contributed by atoms with Crippen molar-refractivity contribution in [3.05, 3.63) is 28.3 Å². The zero-order valence-corrected chi connectivity index (χ0v) is 13.0. The van der Waals surface area contributed by atoms with E-state index in [1.165, 1.54) is 0 Å². The predicted molar refractivity (Wildman–Crippen MR) is 84.9 cm³/mol. The highest BCUT2D eigenvalue weighted by atomic mass is 32.2. The van der Waals surface area contributed by atoms with Crippen LogP contribution in [0, 0.1) is 16.0 Å². The van der Waals surface area contributed by atoms with E-state index in [0.29, 0.717) is 30.5 Å². The van der Waals surface area contributed by atoms with Gasteiger partial charge in [-0.25, -0.2) is 0 Å². The van der Waals surface area contributed by atoms with Crippen LogP contribution in [0.25, 0.3) is 0 Å². The van der Waals surface area contributed by atoms with Crippen LogP contribution >= 0.6 is 11.8 Å². The molecule has 0 heterocycles. The first kappa shape index (κ1) is 16.6. The number of ether oxygens (including phenoxy) is 1. The molecule has 1 atom stereocenters. The molecule has 0 saturated carbocycles. The van der Waals surface area contributed by atoms with Gasteiger partial charge in [-0.3, -0.25) is 10.1 Å². The van der Waals surface area contributed by atoms with Crippen LogP contribution in [0.1, 0.15) is 20.3 Å². The van der Waals surface area contributed by atoms with E-state index in [2.05, 4.69) is 18.5 Å². The third-order valence-electron chi connectivity index (χ3n) is 2.74. The molecule has 0 radical (unpaired) electrons. The summed E-state index contributed by atoms with van der Waals surface area (Å²) in [5.41, 5.74) is 0.550. The molecule has 0 bridgehead atoms. The van der Waals surface area contributed by atoms with Crippen LogP contribution in [0.4, 0.5) is 11.4 Å². The molecule has 1 N–H and O–H groups in total. The van der Waals surface area contributed by atoms with E-state index in [-0.39, 0.29) is 10.6 Å². The summed E-state index contributed by atoms with van der Waals surface area (Å²) in [6.07, 6.45) is 2.87. The summed E-state index contributed by atoms with van der Waals surface area (Å²) in [4.78, 5) is 10.9. The highest BCUT2D eigenvalue weighted by Crippen LogP contribution is 2.34. The maximum atomic E-state index is 11.3. The lowest BCUT2D eigenvalue weighted by Crippen LogP contribution is -2.14. The molecule has 0 saturated heterocycles. The summed E-state index contributed by atoms with van der Waals surface area (Å²) in [6, 6.07) is 5.15. The van der Waals surface area contributed by atoms with Gasteiger partial charge in [-0.1, -0.05) is 19.9 Å². The van der Waals surface area contributed by atoms with Crippen molar-refractivity contribution < 1.29 is 9.66 Å². The number of benzene rings is 1. The van der Waals surface area contributed by atoms with Gasteiger partial charge in [0.1, 0.15) is 5.69 Å². The highest BCUT2D eigenvalue weighted by Gasteiger charge is 2.21. The lowest BCUT2D eigenvalue weighted by atomic mass is 10.2. The maximum absolute atomic E-state index is 11.3. The van der Waals surface area contributed by atoms with Gasteiger partial charge in [-0.15, -0.1) is 0 Å². The van der Waals surface area contributed by atoms with Crippen LogP contribution in [-0.2, 0) is 0 Å². The first-order chi connectivity index (χ1) is 9.60. The lowest BCUT2D eigenvalue weighted by molar-refractivity contribution is -0.385. The van der Waals surface area contributed by atoms with Crippen LogP contribution in [0.5, 0.6) is 5.75 Å². The van der Waals surface area contributed by atoms with Gasteiger partial charge in [0.15, 0.2) is 5.75 Å². The minimum Gasteiger partial charge on any atom is -0.487 e. The largest absolute Gasteiger partial charge is 0.487 e. The Morgan fingerprint density at radius 1 is 1.50 bits per heavy atom. The second kappa shape index (κ2) is 8.68. The van der Waals surface area contributed by atoms with E-state index >= 15 is 0 Å². The molecule has 0 aromatic heterocycles. The number of nitro groups is 1. The molecule has 112 valence electrons. The summed E-state index contributed by atoms with van der Waals surface area (Å²) >= 11 is 1.77. The topological polar surface area (TPSA) is 64.4 Å². The van der Waals surface area contributed by atoms with Gasteiger partial charge in [0, 0.05) is 6.54 Å². The average molecular weight is 298 g/mol. The number of anilines is 1. The minimum absolute atomic E-state index is 0.0253. The first-order valence-electron chi connectivity index (χ1n) is 6.73. The van der Waals surface area contributed by atoms with Crippen LogP contribution in [0.15, 0.2) is 18.2 Å². The molecule has 20 heavy (non-hydrogen) atoms. The van der Waals surface area contributed by atoms with Crippen molar-refractivity contribution in [3.63, 3.8) is 0 Å². The van der Waals surface area contributed by atoms with Crippen molar-refractivity contribution >= 4 is 23.1 Å². The van der Waals surface area contributed by atoms with E-state index in [9.17, 15) is 10.1 Å². The fourth-order valence-electron chi connectivity index (χ4n) is 1.81. The third kappa shape index (κ3) is 4.92. The van der Waals surface area contributed by atoms with Crippen molar-refractivity contribution in [2.24, 2.45) is 5.92 Å². The lowest BCUT2D eigenvalue weighted by Gasteiger charge is -2.14. The zero-order valence-electron chi connectivity index (χ0n) is 12.2. The molecule has 0 aliphatic carbocycles. The van der Waals surface area contributed by atoms with E-state index in [1.54, 1.807) is 30.0 Å². The van der Waals surface area contributed by atoms with Crippen molar-refractivity contribution in [1.29, 1.82) is 0 Å². The third-order valence-corrected chi connectivity index (χ3v) is 3.64. The highest BCUT2D eigenvalue weighted by molar-refractivity contribution is 7.98. The molecular weight excluding hydrogens is 276 g/mol. The molecule has 5 nitrogen and oxygen atoms in total. The Morgan fingerprint density at radius 2 is 2.25 bits per heavy atom. The van der Waals surface area contributed by atoms with E-state index in [4.69, 9.17) is 4.74 Å².